The predicted octanol–water partition coefficient (Wildman–Crippen LogP) is 20.4. The first-order valence-electron chi connectivity index (χ1n) is 29.8. The second kappa shape index (κ2) is 34.0. The Morgan fingerprint density at radius 1 is 0.621 bits per heavy atom. The van der Waals surface area contributed by atoms with E-state index in [1.54, 1.807) is 55.1 Å². The van der Waals surface area contributed by atoms with Gasteiger partial charge in [-0.3, -0.25) is 4.79 Å². The summed E-state index contributed by atoms with van der Waals surface area (Å²) in [6.07, 6.45) is 5.25. The van der Waals surface area contributed by atoms with Crippen LogP contribution in [0.25, 0.3) is 31.8 Å². The fourth-order valence-corrected chi connectivity index (χ4v) is 13.3. The number of hydrogen-bond donors (Lipinski definition) is 11. The molecular formula is C71H65Cl6N9O6S3. The van der Waals surface area contributed by atoms with E-state index in [1.165, 1.54) is 31.9 Å². The summed E-state index contributed by atoms with van der Waals surface area (Å²) in [7, 11) is 0. The first kappa shape index (κ1) is 71.2. The highest BCUT2D eigenvalue weighted by molar-refractivity contribution is 7.99. The van der Waals surface area contributed by atoms with Gasteiger partial charge in [-0.05, 0) is 147 Å². The molecule has 9 aromatic carbocycles. The monoisotopic (exact) mass is 1450 g/mol. The van der Waals surface area contributed by atoms with Crippen molar-refractivity contribution in [2.45, 2.75) is 81.8 Å². The maximum absolute atomic E-state index is 12.0. The van der Waals surface area contributed by atoms with Crippen molar-refractivity contribution in [3.63, 3.8) is 0 Å². The molecule has 2 aromatic heterocycles. The van der Waals surface area contributed by atoms with Gasteiger partial charge >= 0.3 is 6.03 Å². The van der Waals surface area contributed by atoms with E-state index in [2.05, 4.69) is 65.1 Å². The molecule has 2 heterocycles. The summed E-state index contributed by atoms with van der Waals surface area (Å²) in [4.78, 5) is 38.2. The second-order valence-electron chi connectivity index (χ2n) is 21.8. The van der Waals surface area contributed by atoms with Gasteiger partial charge in [0.2, 0.25) is 0 Å². The van der Waals surface area contributed by atoms with Crippen molar-refractivity contribution in [1.82, 2.24) is 25.6 Å². The van der Waals surface area contributed by atoms with Crippen LogP contribution < -0.4 is 31.9 Å². The standard InChI is InChI=1S/C21H18ClNO2S.C19H18ClN3OS2.C17H16Cl2N4O2.C14H13Cl2NO/c1-14(24)18-11-16(22)12-19(21(18)25)23-13-15-7-5-6-10-20(15)26-17-8-3-2-4-9-17;20-13-9-11(18-22-14-7-3-4-8-16(14)26-18)10-15(17(13)24)23-19(25)21-12-5-1-2-6-12;1-9-10(18)8-13(16(24)15(9)19)23-17(25)20-7-6-14-21-11-4-2-3-5-12(11)22-14;1-9-11(15)7-12(14(18)13(9)16)17-8-10-5-3-2-4-6-10/h2-12,23,25H,13H2,1H3;3-4,7-10,12,24H,1-2,5-6H2,(H2,21,23,25);2-5,8,24H,6-7H2,1H3,(H,21,22)(H2,20,23,25);2-7,17-18H,8H2,1H3. The molecule has 0 spiro atoms. The number of nitrogens with zero attached hydrogens (tertiary/aromatic N) is 2. The number of para-hydroxylation sites is 3. The fraction of sp³-hybridized carbons (Fsp3) is 0.169. The quantitative estimate of drug-likeness (QED) is 0.0246. The predicted molar refractivity (Wildman–Crippen MR) is 397 cm³/mol. The van der Waals surface area contributed by atoms with Crippen molar-refractivity contribution in [1.29, 1.82) is 0 Å². The number of aromatic amines is 1. The van der Waals surface area contributed by atoms with E-state index in [1.807, 2.05) is 121 Å². The van der Waals surface area contributed by atoms with Crippen molar-refractivity contribution in [3.05, 3.63) is 234 Å². The lowest BCUT2D eigenvalue weighted by Gasteiger charge is -2.17. The molecule has 24 heteroatoms. The lowest BCUT2D eigenvalue weighted by molar-refractivity contribution is 0.101. The fourth-order valence-electron chi connectivity index (χ4n) is 9.80. The molecule has 12 rings (SSSR count). The number of carbonyl (C=O) groups is 2. The molecule has 0 radical (unpaired) electrons. The number of halogens is 6. The average molecular weight is 1450 g/mol. The number of fused-ring (bicyclic) bond motifs is 2. The molecule has 15 nitrogen and oxygen atoms in total. The third kappa shape index (κ3) is 19.5. The molecule has 2 amide bonds. The number of H-pyrrole nitrogens is 1. The van der Waals surface area contributed by atoms with E-state index in [9.17, 15) is 30.0 Å². The highest BCUT2D eigenvalue weighted by atomic mass is 35.5. The summed E-state index contributed by atoms with van der Waals surface area (Å²) in [6.45, 7) is 6.33. The molecule has 95 heavy (non-hydrogen) atoms. The van der Waals surface area contributed by atoms with E-state index >= 15 is 0 Å². The summed E-state index contributed by atoms with van der Waals surface area (Å²) in [5.41, 5.74) is 8.92. The van der Waals surface area contributed by atoms with Gasteiger partial charge in [0.1, 0.15) is 16.6 Å². The average Bonchev–Trinajstić information content (AvgIpc) is 1.87. The number of phenols is 4. The van der Waals surface area contributed by atoms with Crippen LogP contribution in [0.4, 0.5) is 27.5 Å². The SMILES string of the molecule is CC(=O)c1cc(Cl)cc(NCc2ccccc2Sc2ccccc2)c1O.Cc1c(Cl)cc(NC(=O)NCCc2nc3ccccc3[nH]2)c(O)c1Cl.Cc1c(Cl)cc(NCc2ccccc2)c(O)c1Cl.Oc1c(Cl)cc(-c2nc3ccccc3s2)cc1NC(=S)NC1CCCC1. The van der Waals surface area contributed by atoms with Gasteiger partial charge in [0.25, 0.3) is 0 Å². The number of nitrogens with one attached hydrogen (secondary N) is 7. The minimum absolute atomic E-state index is 0.00732. The Balaban J connectivity index is 0.000000150. The number of amides is 2. The van der Waals surface area contributed by atoms with Crippen LogP contribution in [0.3, 0.4) is 0 Å². The van der Waals surface area contributed by atoms with Crippen molar-refractivity contribution >= 4 is 166 Å². The largest absolute Gasteiger partial charge is 0.505 e. The Labute approximate surface area is 593 Å². The normalized spacial score (nSPS) is 11.7. The maximum Gasteiger partial charge on any atom is 0.319 e. The number of anilines is 4. The van der Waals surface area contributed by atoms with E-state index in [0.717, 1.165) is 71.4 Å². The molecule has 0 aliphatic heterocycles. The number of imidazole rings is 1. The van der Waals surface area contributed by atoms with Crippen LogP contribution in [0.15, 0.2) is 180 Å². The summed E-state index contributed by atoms with van der Waals surface area (Å²) >= 11 is 45.0. The highest BCUT2D eigenvalue weighted by Crippen LogP contribution is 2.42. The molecular weight excluding hydrogens is 1380 g/mol. The van der Waals surface area contributed by atoms with Gasteiger partial charge in [0.05, 0.1) is 64.6 Å². The van der Waals surface area contributed by atoms with Crippen LogP contribution in [0, 0.1) is 13.8 Å². The number of rotatable bonds is 16. The molecule has 1 saturated carbocycles. The Morgan fingerprint density at radius 2 is 1.21 bits per heavy atom. The lowest BCUT2D eigenvalue weighted by Crippen LogP contribution is -2.35. The van der Waals surface area contributed by atoms with Gasteiger partial charge in [-0.1, -0.05) is 185 Å². The van der Waals surface area contributed by atoms with Gasteiger partial charge in [0, 0.05) is 62.5 Å². The number of hydrogen-bond acceptors (Lipinski definition) is 13. The third-order valence-electron chi connectivity index (χ3n) is 14.9. The smallest absolute Gasteiger partial charge is 0.319 e. The zero-order valence-corrected chi connectivity index (χ0v) is 58.4. The number of benzene rings is 9. The van der Waals surface area contributed by atoms with Crippen LogP contribution in [0.5, 0.6) is 23.0 Å². The van der Waals surface area contributed by atoms with Crippen molar-refractivity contribution in [2.75, 3.05) is 27.8 Å². The molecule has 11 aromatic rings. The topological polar surface area (TPSA) is 229 Å². The number of aromatic nitrogens is 3. The molecule has 1 aliphatic carbocycles. The molecule has 0 unspecified atom stereocenters. The third-order valence-corrected chi connectivity index (χ3v) is 19.6. The number of phenolic OH excluding ortho intramolecular Hbond substituents is 4. The van der Waals surface area contributed by atoms with Gasteiger partial charge in [-0.2, -0.15) is 0 Å². The number of ketones is 1. The van der Waals surface area contributed by atoms with E-state index in [4.69, 9.17) is 81.8 Å². The number of carbonyl (C=O) groups excluding carboxylic acids is 2. The summed E-state index contributed by atoms with van der Waals surface area (Å²) in [5.74, 6) is 0.298. The molecule has 0 atom stereocenters. The minimum Gasteiger partial charge on any atom is -0.505 e. The van der Waals surface area contributed by atoms with E-state index in [0.29, 0.717) is 80.5 Å². The van der Waals surface area contributed by atoms with Gasteiger partial charge in [-0.15, -0.1) is 11.3 Å². The van der Waals surface area contributed by atoms with Crippen molar-refractivity contribution in [3.8, 4) is 33.6 Å². The molecule has 1 aliphatic rings. The first-order valence-corrected chi connectivity index (χ1v) is 34.2. The van der Waals surface area contributed by atoms with Crippen LogP contribution in [-0.4, -0.2) is 64.9 Å². The molecule has 490 valence electrons. The zero-order chi connectivity index (χ0) is 67.7. The minimum atomic E-state index is -0.470. The zero-order valence-electron chi connectivity index (χ0n) is 51.4. The molecule has 0 saturated heterocycles. The van der Waals surface area contributed by atoms with Crippen molar-refractivity contribution in [2.24, 2.45) is 0 Å². The molecule has 0 bridgehead atoms. The Bertz CT molecular complexity index is 4460. The first-order chi connectivity index (χ1) is 45.7. The highest BCUT2D eigenvalue weighted by Gasteiger charge is 2.20. The van der Waals surface area contributed by atoms with Gasteiger partial charge in [0.15, 0.2) is 28.1 Å². The number of urea groups is 1. The lowest BCUT2D eigenvalue weighted by atomic mass is 10.1. The maximum atomic E-state index is 12.0. The van der Waals surface area contributed by atoms with E-state index in [-0.39, 0.29) is 55.1 Å². The Hall–Kier alpha value is -8.14. The van der Waals surface area contributed by atoms with Crippen molar-refractivity contribution < 1.29 is 30.0 Å². The van der Waals surface area contributed by atoms with Gasteiger partial charge < -0.3 is 57.3 Å². The number of Topliss-reactive ketones (excluding diaryl/α,β-unsaturated/α-hetero) is 1. The van der Waals surface area contributed by atoms with Gasteiger partial charge in [-0.25, -0.2) is 14.8 Å². The Kier molecular flexibility index (Phi) is 25.5. The van der Waals surface area contributed by atoms with Crippen LogP contribution in [0.1, 0.15) is 71.0 Å². The van der Waals surface area contributed by atoms with Crippen LogP contribution in [0.2, 0.25) is 30.1 Å². The number of thiazole rings is 1. The molecule has 1 fully saturated rings. The van der Waals surface area contributed by atoms with E-state index < -0.39 is 6.03 Å². The number of aromatic hydroxyl groups is 4. The summed E-state index contributed by atoms with van der Waals surface area (Å²) in [6, 6.07) is 53.5. The number of thiocarbonyl (C=S) groups is 1. The van der Waals surface area contributed by atoms with Crippen LogP contribution in [-0.2, 0) is 19.5 Å². The second-order valence-corrected chi connectivity index (χ2v) is 26.7. The summed E-state index contributed by atoms with van der Waals surface area (Å²) < 4.78 is 1.11. The summed E-state index contributed by atoms with van der Waals surface area (Å²) in [5, 5.41) is 61.8. The Morgan fingerprint density at radius 3 is 1.89 bits per heavy atom. The van der Waals surface area contributed by atoms with Crippen LogP contribution >= 0.6 is 105 Å². The molecule has 11 N–H and O–H groups in total.